The Kier molecular flexibility index (Phi) is 5.33. The zero-order valence-electron chi connectivity index (χ0n) is 14.6. The van der Waals surface area contributed by atoms with Gasteiger partial charge in [0.15, 0.2) is 0 Å². The van der Waals surface area contributed by atoms with Crippen molar-refractivity contribution in [1.82, 2.24) is 4.98 Å². The third-order valence-corrected chi connectivity index (χ3v) is 4.24. The molecule has 0 aliphatic carbocycles. The van der Waals surface area contributed by atoms with Crippen molar-refractivity contribution in [3.63, 3.8) is 0 Å². The van der Waals surface area contributed by atoms with Crippen molar-refractivity contribution in [3.05, 3.63) is 77.5 Å². The van der Waals surface area contributed by atoms with Gasteiger partial charge in [-0.2, -0.15) is 31.6 Å². The molecule has 1 aromatic heterocycles. The first-order chi connectivity index (χ1) is 13.6. The van der Waals surface area contributed by atoms with Crippen LogP contribution in [0.4, 0.5) is 26.3 Å². The Balaban J connectivity index is 2.36. The van der Waals surface area contributed by atoms with Gasteiger partial charge in [0.05, 0.1) is 29.3 Å². The summed E-state index contributed by atoms with van der Waals surface area (Å²) in [7, 11) is 0. The lowest BCUT2D eigenvalue weighted by Gasteiger charge is -2.18. The molecular formula is C21H12F6N2. The Hall–Kier alpha value is -3.34. The number of benzene rings is 2. The second-order valence-corrected chi connectivity index (χ2v) is 6.16. The highest BCUT2D eigenvalue weighted by Crippen LogP contribution is 2.43. The molecule has 0 aliphatic rings. The number of nitriles is 1. The van der Waals surface area contributed by atoms with Crippen LogP contribution in [-0.4, -0.2) is 4.98 Å². The topological polar surface area (TPSA) is 36.7 Å². The Labute approximate surface area is 162 Å². The second kappa shape index (κ2) is 7.59. The van der Waals surface area contributed by atoms with E-state index in [0.29, 0.717) is 5.56 Å². The second-order valence-electron chi connectivity index (χ2n) is 6.16. The molecule has 148 valence electrons. The fourth-order valence-electron chi connectivity index (χ4n) is 3.02. The minimum absolute atomic E-state index is 0.123. The molecule has 3 rings (SSSR count). The smallest absolute Gasteiger partial charge is 0.255 e. The molecule has 3 aromatic rings. The van der Waals surface area contributed by atoms with Crippen molar-refractivity contribution in [2.24, 2.45) is 0 Å². The molecule has 0 spiro atoms. The van der Waals surface area contributed by atoms with E-state index >= 15 is 0 Å². The average Bonchev–Trinajstić information content (AvgIpc) is 2.67. The summed E-state index contributed by atoms with van der Waals surface area (Å²) in [6, 6.07) is 12.3. The fourth-order valence-corrected chi connectivity index (χ4v) is 3.02. The van der Waals surface area contributed by atoms with Crippen LogP contribution in [0.3, 0.4) is 0 Å². The van der Waals surface area contributed by atoms with Crippen LogP contribution in [0.2, 0.25) is 0 Å². The van der Waals surface area contributed by atoms with Crippen LogP contribution < -0.4 is 0 Å². The Bertz CT molecular complexity index is 1080. The lowest BCUT2D eigenvalue weighted by Crippen LogP contribution is -2.10. The van der Waals surface area contributed by atoms with Crippen LogP contribution in [0.1, 0.15) is 16.7 Å². The highest BCUT2D eigenvalue weighted by molar-refractivity contribution is 5.84. The molecule has 0 saturated heterocycles. The van der Waals surface area contributed by atoms with E-state index in [-0.39, 0.29) is 28.8 Å². The molecule has 0 radical (unpaired) electrons. The average molecular weight is 406 g/mol. The Morgan fingerprint density at radius 1 is 0.759 bits per heavy atom. The van der Waals surface area contributed by atoms with Crippen LogP contribution >= 0.6 is 0 Å². The van der Waals surface area contributed by atoms with Gasteiger partial charge in [-0.05, 0) is 29.3 Å². The van der Waals surface area contributed by atoms with E-state index in [2.05, 4.69) is 4.98 Å². The highest BCUT2D eigenvalue weighted by atomic mass is 19.4. The molecule has 2 aromatic carbocycles. The van der Waals surface area contributed by atoms with Gasteiger partial charge in [0.2, 0.25) is 0 Å². The summed E-state index contributed by atoms with van der Waals surface area (Å²) in [5, 5.41) is 8.90. The molecule has 2 nitrogen and oxygen atoms in total. The maximum Gasteiger partial charge on any atom is 0.417 e. The van der Waals surface area contributed by atoms with Gasteiger partial charge in [-0.3, -0.25) is 4.98 Å². The lowest BCUT2D eigenvalue weighted by molar-refractivity contribution is -0.138. The third kappa shape index (κ3) is 4.24. The fraction of sp³-hybridized carbons (Fsp3) is 0.143. The van der Waals surface area contributed by atoms with E-state index < -0.39 is 23.5 Å². The molecular weight excluding hydrogens is 394 g/mol. The summed E-state index contributed by atoms with van der Waals surface area (Å²) in [6.45, 7) is 0. The standard InChI is InChI=1S/C21H12F6N2/c22-20(23,24)17-7-3-1-5-14(17)16-11-13(9-10-28)12-29-19(16)15-6-2-4-8-18(15)21(25,26)27/h1-8,11-12H,9H2. The Morgan fingerprint density at radius 2 is 1.28 bits per heavy atom. The van der Waals surface area contributed by atoms with E-state index in [1.54, 1.807) is 0 Å². The molecule has 29 heavy (non-hydrogen) atoms. The van der Waals surface area contributed by atoms with Gasteiger partial charge in [0.25, 0.3) is 0 Å². The molecule has 0 atom stereocenters. The number of pyridine rings is 1. The van der Waals surface area contributed by atoms with E-state index in [1.165, 1.54) is 42.6 Å². The predicted octanol–water partition coefficient (Wildman–Crippen LogP) is 6.52. The number of aromatic nitrogens is 1. The van der Waals surface area contributed by atoms with Crippen LogP contribution in [0.15, 0.2) is 60.8 Å². The maximum absolute atomic E-state index is 13.5. The summed E-state index contributed by atoms with van der Waals surface area (Å²) >= 11 is 0. The zero-order chi connectivity index (χ0) is 21.2. The monoisotopic (exact) mass is 406 g/mol. The van der Waals surface area contributed by atoms with Crippen LogP contribution in [-0.2, 0) is 18.8 Å². The van der Waals surface area contributed by atoms with Crippen LogP contribution in [0, 0.1) is 11.3 Å². The van der Waals surface area contributed by atoms with E-state index in [4.69, 9.17) is 5.26 Å². The van der Waals surface area contributed by atoms with Crippen LogP contribution in [0.5, 0.6) is 0 Å². The molecule has 0 saturated carbocycles. The van der Waals surface area contributed by atoms with Gasteiger partial charge in [0, 0.05) is 17.3 Å². The summed E-state index contributed by atoms with van der Waals surface area (Å²) < 4.78 is 81.1. The van der Waals surface area contributed by atoms with Gasteiger partial charge >= 0.3 is 12.4 Å². The van der Waals surface area contributed by atoms with Gasteiger partial charge in [-0.1, -0.05) is 36.4 Å². The molecule has 1 heterocycles. The first-order valence-corrected chi connectivity index (χ1v) is 8.32. The first-order valence-electron chi connectivity index (χ1n) is 8.32. The zero-order valence-corrected chi connectivity index (χ0v) is 14.6. The molecule has 0 aliphatic heterocycles. The van der Waals surface area contributed by atoms with Gasteiger partial charge in [0.1, 0.15) is 0 Å². The van der Waals surface area contributed by atoms with Crippen LogP contribution in [0.25, 0.3) is 22.4 Å². The van der Waals surface area contributed by atoms with Gasteiger partial charge < -0.3 is 0 Å². The molecule has 0 N–H and O–H groups in total. The number of nitrogens with zero attached hydrogens (tertiary/aromatic N) is 2. The lowest BCUT2D eigenvalue weighted by atomic mass is 9.92. The normalized spacial score (nSPS) is 11.9. The van der Waals surface area contributed by atoms with Crippen molar-refractivity contribution in [3.8, 4) is 28.5 Å². The minimum Gasteiger partial charge on any atom is -0.255 e. The number of hydrogen-bond donors (Lipinski definition) is 0. The number of hydrogen-bond acceptors (Lipinski definition) is 2. The van der Waals surface area contributed by atoms with E-state index in [9.17, 15) is 26.3 Å². The quantitative estimate of drug-likeness (QED) is 0.465. The molecule has 0 amide bonds. The van der Waals surface area contributed by atoms with Crippen molar-refractivity contribution in [2.45, 2.75) is 18.8 Å². The number of rotatable bonds is 3. The van der Waals surface area contributed by atoms with Crippen molar-refractivity contribution in [1.29, 1.82) is 5.26 Å². The van der Waals surface area contributed by atoms with Crippen molar-refractivity contribution >= 4 is 0 Å². The molecule has 8 heteroatoms. The minimum atomic E-state index is -4.72. The van der Waals surface area contributed by atoms with Crippen molar-refractivity contribution in [2.75, 3.05) is 0 Å². The first kappa shape index (κ1) is 20.4. The van der Waals surface area contributed by atoms with E-state index in [0.717, 1.165) is 18.2 Å². The predicted molar refractivity (Wildman–Crippen MR) is 94.4 cm³/mol. The summed E-state index contributed by atoms with van der Waals surface area (Å²) in [5.41, 5.74) is -2.71. The largest absolute Gasteiger partial charge is 0.417 e. The summed E-state index contributed by atoms with van der Waals surface area (Å²) in [5.74, 6) is 0. The summed E-state index contributed by atoms with van der Waals surface area (Å²) in [6.07, 6.45) is -8.38. The maximum atomic E-state index is 13.5. The number of alkyl halides is 6. The number of halogens is 6. The van der Waals surface area contributed by atoms with Crippen molar-refractivity contribution < 1.29 is 26.3 Å². The van der Waals surface area contributed by atoms with Gasteiger partial charge in [-0.15, -0.1) is 0 Å². The summed E-state index contributed by atoms with van der Waals surface area (Å²) in [4.78, 5) is 4.02. The molecule has 0 fully saturated rings. The highest BCUT2D eigenvalue weighted by Gasteiger charge is 2.36. The molecule has 0 unspecified atom stereocenters. The Morgan fingerprint density at radius 3 is 1.83 bits per heavy atom. The molecule has 0 bridgehead atoms. The third-order valence-electron chi connectivity index (χ3n) is 4.24. The van der Waals surface area contributed by atoms with E-state index in [1.807, 2.05) is 6.07 Å². The SMILES string of the molecule is N#CCc1cnc(-c2ccccc2C(F)(F)F)c(-c2ccccc2C(F)(F)F)c1. The van der Waals surface area contributed by atoms with Gasteiger partial charge in [-0.25, -0.2) is 0 Å².